The van der Waals surface area contributed by atoms with E-state index < -0.39 is 0 Å². The first-order valence-corrected chi connectivity index (χ1v) is 5.97. The van der Waals surface area contributed by atoms with Gasteiger partial charge in [0.05, 0.1) is 0 Å². The minimum absolute atomic E-state index is 0. The van der Waals surface area contributed by atoms with Crippen LogP contribution in [0.2, 0.25) is 0 Å². The Labute approximate surface area is 135 Å². The second kappa shape index (κ2) is 12.5. The van der Waals surface area contributed by atoms with E-state index in [-0.39, 0.29) is 20.1 Å². The molecule has 0 bridgehead atoms. The van der Waals surface area contributed by atoms with Crippen LogP contribution in [0.1, 0.15) is 18.1 Å². The van der Waals surface area contributed by atoms with Gasteiger partial charge in [-0.1, -0.05) is 32.4 Å². The van der Waals surface area contributed by atoms with E-state index in [1.54, 1.807) is 0 Å². The van der Waals surface area contributed by atoms with Crippen LogP contribution in [0.5, 0.6) is 0 Å². The third kappa shape index (κ3) is 5.60. The van der Waals surface area contributed by atoms with Crippen LogP contribution in [0.15, 0.2) is 43.1 Å². The number of rotatable bonds is 2. The van der Waals surface area contributed by atoms with E-state index in [1.807, 2.05) is 30.5 Å². The first-order chi connectivity index (χ1) is 9.33. The summed E-state index contributed by atoms with van der Waals surface area (Å²) in [5.41, 5.74) is 4.81. The van der Waals surface area contributed by atoms with E-state index in [2.05, 4.69) is 50.8 Å². The summed E-state index contributed by atoms with van der Waals surface area (Å²) in [4.78, 5) is 4.37. The fourth-order valence-electron chi connectivity index (χ4n) is 1.83. The molecule has 20 heavy (non-hydrogen) atoms. The molecule has 1 aromatic carbocycles. The molecule has 0 radical (unpaired) electrons. The summed E-state index contributed by atoms with van der Waals surface area (Å²) < 4.78 is 0. The summed E-state index contributed by atoms with van der Waals surface area (Å²) in [6.45, 7) is 13.6. The summed E-state index contributed by atoms with van der Waals surface area (Å²) in [5, 5.41) is 6.75. The zero-order valence-electron chi connectivity index (χ0n) is 11.9. The Morgan fingerprint density at radius 1 is 1.25 bits per heavy atom. The number of aryl methyl sites for hydroxylation is 1. The molecule has 0 fully saturated rings. The normalized spacial score (nSPS) is 8.10. The zero-order valence-corrected chi connectivity index (χ0v) is 14.3. The number of benzene rings is 1. The molecule has 3 heteroatoms. The average Bonchev–Trinajstić information content (AvgIpc) is 2.52. The largest absolute Gasteiger partial charge is 3.00 e. The van der Waals surface area contributed by atoms with E-state index in [4.69, 9.17) is 5.41 Å². The minimum Gasteiger partial charge on any atom is -0.817 e. The van der Waals surface area contributed by atoms with Crippen LogP contribution in [-0.2, 0) is 26.5 Å². The molecular weight excluding hydrogens is 424 g/mol. The van der Waals surface area contributed by atoms with Crippen LogP contribution in [-0.4, -0.2) is 11.7 Å². The second-order valence-corrected chi connectivity index (χ2v) is 3.58. The Morgan fingerprint density at radius 3 is 2.40 bits per heavy atom. The van der Waals surface area contributed by atoms with Gasteiger partial charge >= 0.3 is 20.1 Å². The molecule has 0 aliphatic carbocycles. The number of nitrogens with zero attached hydrogens (tertiary/aromatic N) is 2. The van der Waals surface area contributed by atoms with Crippen molar-refractivity contribution in [3.05, 3.63) is 72.3 Å². The quantitative estimate of drug-likeness (QED) is 0.504. The van der Waals surface area contributed by atoms with Crippen molar-refractivity contribution in [3.63, 3.8) is 0 Å². The monoisotopic (exact) mass is 444 g/mol. The van der Waals surface area contributed by atoms with Crippen LogP contribution in [0.3, 0.4) is 0 Å². The average molecular weight is 444 g/mol. The third-order valence-electron chi connectivity index (χ3n) is 2.61. The Balaban J connectivity index is 0. The first kappa shape index (κ1) is 20.7. The minimum atomic E-state index is 0. The summed E-state index contributed by atoms with van der Waals surface area (Å²) in [7, 11) is 0. The van der Waals surface area contributed by atoms with E-state index in [0.717, 1.165) is 17.7 Å². The molecule has 0 aliphatic heterocycles. The Kier molecular flexibility index (Phi) is 12.9. The van der Waals surface area contributed by atoms with Gasteiger partial charge in [-0.3, -0.25) is 6.58 Å². The van der Waals surface area contributed by atoms with Gasteiger partial charge in [-0.05, 0) is 11.8 Å². The van der Waals surface area contributed by atoms with Crippen molar-refractivity contribution in [1.29, 1.82) is 0 Å². The van der Waals surface area contributed by atoms with Crippen molar-refractivity contribution in [3.8, 4) is 11.3 Å². The van der Waals surface area contributed by atoms with Crippen molar-refractivity contribution in [2.45, 2.75) is 20.3 Å². The fraction of sp³-hybridized carbons (Fsp3) is 0.176. The van der Waals surface area contributed by atoms with Gasteiger partial charge in [0, 0.05) is 6.20 Å². The second-order valence-electron chi connectivity index (χ2n) is 3.58. The Bertz CT molecular complexity index is 482. The predicted molar refractivity (Wildman–Crippen MR) is 83.0 cm³/mol. The summed E-state index contributed by atoms with van der Waals surface area (Å²) in [5.74, 6) is 0. The molecule has 0 N–H and O–H groups in total. The summed E-state index contributed by atoms with van der Waals surface area (Å²) in [6.07, 6.45) is 2.85. The van der Waals surface area contributed by atoms with Crippen molar-refractivity contribution in [2.75, 3.05) is 0 Å². The van der Waals surface area contributed by atoms with Crippen LogP contribution >= 0.6 is 0 Å². The maximum Gasteiger partial charge on any atom is 3.00 e. The molecule has 0 spiro atoms. The van der Waals surface area contributed by atoms with E-state index in [9.17, 15) is 0 Å². The maximum atomic E-state index is 6.75. The number of aromatic nitrogens is 1. The van der Waals surface area contributed by atoms with Gasteiger partial charge in [0.25, 0.3) is 0 Å². The Hall–Kier alpha value is -1.57. The van der Waals surface area contributed by atoms with Gasteiger partial charge < -0.3 is 17.0 Å². The molecule has 2 rings (SSSR count). The summed E-state index contributed by atoms with van der Waals surface area (Å²) >= 11 is 0. The van der Waals surface area contributed by atoms with Crippen LogP contribution in [0.4, 0.5) is 0 Å². The molecule has 0 aliphatic rings. The van der Waals surface area contributed by atoms with Gasteiger partial charge in [-0.2, -0.15) is 0 Å². The molecule has 2 aromatic rings. The topological polar surface area (TPSA) is 35.2 Å². The molecule has 2 nitrogen and oxygen atoms in total. The molecule has 0 saturated heterocycles. The van der Waals surface area contributed by atoms with Crippen LogP contribution in [0, 0.1) is 19.6 Å². The molecule has 0 atom stereocenters. The maximum absolute atomic E-state index is 6.75. The van der Waals surface area contributed by atoms with Crippen molar-refractivity contribution in [1.82, 2.24) is 4.98 Å². The SMILES string of the molecule is C=[N-].CCc1c(-c2ccccn2)[c-]ccc1C.[CH-]=C.[Ir+3]. The van der Waals surface area contributed by atoms with Crippen LogP contribution in [0.25, 0.3) is 16.7 Å². The van der Waals surface area contributed by atoms with Gasteiger partial charge in [0.2, 0.25) is 0 Å². The third-order valence-corrected chi connectivity index (χ3v) is 2.61. The van der Waals surface area contributed by atoms with Crippen molar-refractivity contribution >= 4 is 6.72 Å². The van der Waals surface area contributed by atoms with Crippen molar-refractivity contribution < 1.29 is 20.1 Å². The number of pyridine rings is 1. The fourth-order valence-corrected chi connectivity index (χ4v) is 1.83. The predicted octanol–water partition coefficient (Wildman–Crippen LogP) is 4.28. The molecule has 0 unspecified atom stereocenters. The number of hydrogen-bond acceptors (Lipinski definition) is 1. The molecule has 0 amide bonds. The van der Waals surface area contributed by atoms with Gasteiger partial charge in [0.15, 0.2) is 0 Å². The molecule has 106 valence electrons. The molecule has 0 saturated carbocycles. The van der Waals surface area contributed by atoms with Gasteiger partial charge in [-0.25, -0.2) is 6.72 Å². The van der Waals surface area contributed by atoms with Crippen LogP contribution < -0.4 is 0 Å². The molecule has 1 aromatic heterocycles. The number of hydrogen-bond donors (Lipinski definition) is 0. The first-order valence-electron chi connectivity index (χ1n) is 5.97. The molecule has 1 heterocycles. The summed E-state index contributed by atoms with van der Waals surface area (Å²) in [6, 6.07) is 13.3. The smallest absolute Gasteiger partial charge is 0.817 e. The standard InChI is InChI=1S/C14H14N.C2H3.CH2N.Ir/c1-3-12-11(2)7-6-8-13(12)14-9-4-5-10-15-14;2*1-2;/h4-7,9-10H,3H2,1-2H3;1H,2H2;1H2;/q3*-1;+3. The van der Waals surface area contributed by atoms with Gasteiger partial charge in [-0.15, -0.1) is 34.9 Å². The van der Waals surface area contributed by atoms with E-state index >= 15 is 0 Å². The van der Waals surface area contributed by atoms with Gasteiger partial charge in [0.1, 0.15) is 0 Å². The molecular formula is C17H19IrN2. The zero-order chi connectivity index (χ0) is 14.7. The Morgan fingerprint density at radius 2 is 1.90 bits per heavy atom. The van der Waals surface area contributed by atoms with E-state index in [0.29, 0.717) is 0 Å². The van der Waals surface area contributed by atoms with Crippen molar-refractivity contribution in [2.24, 2.45) is 0 Å². The van der Waals surface area contributed by atoms with E-state index in [1.165, 1.54) is 11.1 Å².